The summed E-state index contributed by atoms with van der Waals surface area (Å²) in [5, 5.41) is 0.512. The first kappa shape index (κ1) is 24.3. The highest BCUT2D eigenvalue weighted by Gasteiger charge is 2.61. The van der Waals surface area contributed by atoms with E-state index in [0.717, 1.165) is 58.0 Å². The fourth-order valence-electron chi connectivity index (χ4n) is 5.90. The fraction of sp³-hybridized carbons (Fsp3) is 0.720. The molecule has 0 unspecified atom stereocenters. The van der Waals surface area contributed by atoms with Crippen molar-refractivity contribution >= 4 is 27.7 Å². The minimum Gasteiger partial charge on any atom is -0.441 e. The highest BCUT2D eigenvalue weighted by atomic mass is 35.5. The number of nitrogens with zero attached hydrogens (tertiary/aromatic N) is 3. The van der Waals surface area contributed by atoms with E-state index >= 15 is 0 Å². The van der Waals surface area contributed by atoms with E-state index in [1.54, 1.807) is 33.5 Å². The Bertz CT molecular complexity index is 1000. The van der Waals surface area contributed by atoms with Gasteiger partial charge in [-0.3, -0.25) is 0 Å². The molecule has 0 radical (unpaired) electrons. The van der Waals surface area contributed by atoms with Crippen LogP contribution in [0.25, 0.3) is 0 Å². The van der Waals surface area contributed by atoms with Gasteiger partial charge in [0.25, 0.3) is 0 Å². The number of ether oxygens (including phenoxy) is 1. The smallest absolute Gasteiger partial charge is 0.410 e. The van der Waals surface area contributed by atoms with Crippen LogP contribution in [0, 0.1) is 5.92 Å². The first-order chi connectivity index (χ1) is 16.2. The van der Waals surface area contributed by atoms with Gasteiger partial charge < -0.3 is 14.5 Å². The summed E-state index contributed by atoms with van der Waals surface area (Å²) in [5.74, 6) is 0.401. The summed E-state index contributed by atoms with van der Waals surface area (Å²) in [4.78, 5) is 17.5. The molecule has 9 heteroatoms. The number of rotatable bonds is 6. The molecular weight excluding hydrogens is 474 g/mol. The van der Waals surface area contributed by atoms with Gasteiger partial charge in [-0.25, -0.2) is 13.2 Å². The lowest BCUT2D eigenvalue weighted by Crippen LogP contribution is -2.58. The third kappa shape index (κ3) is 4.71. The first-order valence-corrected chi connectivity index (χ1v) is 14.5. The van der Waals surface area contributed by atoms with E-state index in [4.69, 9.17) is 16.3 Å². The van der Waals surface area contributed by atoms with Gasteiger partial charge in [0.15, 0.2) is 0 Å². The van der Waals surface area contributed by atoms with Gasteiger partial charge in [-0.15, -0.1) is 0 Å². The maximum Gasteiger partial charge on any atom is 0.410 e. The molecule has 1 aromatic rings. The maximum atomic E-state index is 14.0. The number of likely N-dealkylation sites (tertiary alicyclic amines) is 1. The fourth-order valence-corrected chi connectivity index (χ4v) is 8.02. The van der Waals surface area contributed by atoms with E-state index in [2.05, 4.69) is 11.9 Å². The van der Waals surface area contributed by atoms with E-state index in [0.29, 0.717) is 23.8 Å². The third-order valence-corrected chi connectivity index (χ3v) is 10.5. The van der Waals surface area contributed by atoms with Gasteiger partial charge in [0, 0.05) is 24.2 Å². The molecule has 1 aromatic carbocycles. The van der Waals surface area contributed by atoms with Crippen molar-refractivity contribution in [3.05, 3.63) is 29.3 Å². The summed E-state index contributed by atoms with van der Waals surface area (Å²) in [7, 11) is 0.180. The molecule has 7 nitrogen and oxygen atoms in total. The molecule has 2 heterocycles. The van der Waals surface area contributed by atoms with Crippen LogP contribution in [0.4, 0.5) is 4.79 Å². The van der Waals surface area contributed by atoms with Gasteiger partial charge in [0.1, 0.15) is 5.60 Å². The molecule has 4 aliphatic rings. The Labute approximate surface area is 208 Å². The Morgan fingerprint density at radius 1 is 1.06 bits per heavy atom. The number of carbonyl (C=O) groups excluding carboxylic acids is 1. The Morgan fingerprint density at radius 2 is 1.71 bits per heavy atom. The van der Waals surface area contributed by atoms with Crippen LogP contribution < -0.4 is 0 Å². The molecule has 1 amide bonds. The van der Waals surface area contributed by atoms with Crippen LogP contribution in [0.2, 0.25) is 5.02 Å². The number of sulfonamides is 1. The summed E-state index contributed by atoms with van der Waals surface area (Å²) < 4.78 is 35.9. The second-order valence-electron chi connectivity index (χ2n) is 10.7. The second kappa shape index (κ2) is 9.26. The average Bonchev–Trinajstić information content (AvgIpc) is 3.74. The molecule has 2 saturated carbocycles. The van der Waals surface area contributed by atoms with Crippen molar-refractivity contribution in [1.29, 1.82) is 0 Å². The molecule has 4 fully saturated rings. The first-order valence-electron chi connectivity index (χ1n) is 12.6. The summed E-state index contributed by atoms with van der Waals surface area (Å²) >= 11 is 6.03. The van der Waals surface area contributed by atoms with Crippen molar-refractivity contribution in [2.24, 2.45) is 5.92 Å². The number of benzene rings is 1. The van der Waals surface area contributed by atoms with Gasteiger partial charge in [-0.2, -0.15) is 4.31 Å². The van der Waals surface area contributed by atoms with Gasteiger partial charge in [0.2, 0.25) is 10.0 Å². The van der Waals surface area contributed by atoms with Crippen LogP contribution in [-0.4, -0.2) is 79.5 Å². The third-order valence-electron chi connectivity index (χ3n) is 8.33. The summed E-state index contributed by atoms with van der Waals surface area (Å²) in [6, 6.07) is 6.26. The number of amides is 1. The number of carbonyl (C=O) groups is 1. The van der Waals surface area contributed by atoms with Crippen molar-refractivity contribution < 1.29 is 17.9 Å². The minimum atomic E-state index is -3.74. The van der Waals surface area contributed by atoms with Crippen LogP contribution in [0.1, 0.15) is 57.8 Å². The van der Waals surface area contributed by atoms with Crippen molar-refractivity contribution in [1.82, 2.24) is 14.1 Å². The zero-order valence-electron chi connectivity index (χ0n) is 20.2. The molecule has 5 rings (SSSR count). The largest absolute Gasteiger partial charge is 0.441 e. The van der Waals surface area contributed by atoms with Gasteiger partial charge >= 0.3 is 6.09 Å². The molecule has 188 valence electrons. The maximum absolute atomic E-state index is 14.0. The van der Waals surface area contributed by atoms with Crippen molar-refractivity contribution in [3.63, 3.8) is 0 Å². The average molecular weight is 510 g/mol. The Balaban J connectivity index is 1.39. The Morgan fingerprint density at radius 3 is 2.29 bits per heavy atom. The van der Waals surface area contributed by atoms with Crippen molar-refractivity contribution in [2.45, 2.75) is 86.4 Å². The minimum absolute atomic E-state index is 0.0257. The molecule has 2 aliphatic heterocycles. The number of piperidine rings is 2. The standard InChI is InChI=1S/C25H36ClN3O4S/c1-27-16-12-20(13-17-27)28(2)24(30)33-25(14-15-25)23-5-3-4-22(18-6-7-18)29(23)34(31,32)21-10-8-19(26)9-11-21/h8-11,18,20,22-23H,3-7,12-17H2,1-2H3/t22-,23+/m0/s1. The highest BCUT2D eigenvalue weighted by molar-refractivity contribution is 7.89. The molecule has 0 bridgehead atoms. The predicted molar refractivity (Wildman–Crippen MR) is 131 cm³/mol. The zero-order valence-corrected chi connectivity index (χ0v) is 21.7. The Hall–Kier alpha value is -1.35. The number of halogens is 1. The molecule has 2 aliphatic carbocycles. The van der Waals surface area contributed by atoms with Gasteiger partial charge in [0.05, 0.1) is 10.9 Å². The predicted octanol–water partition coefficient (Wildman–Crippen LogP) is 4.36. The van der Waals surface area contributed by atoms with Crippen molar-refractivity contribution in [3.8, 4) is 0 Å². The number of hydrogen-bond acceptors (Lipinski definition) is 5. The lowest BCUT2D eigenvalue weighted by molar-refractivity contribution is -0.0151. The molecule has 0 aromatic heterocycles. The summed E-state index contributed by atoms with van der Waals surface area (Å²) in [6.07, 6.45) is 7.66. The Kier molecular flexibility index (Phi) is 6.63. The van der Waals surface area contributed by atoms with Crippen LogP contribution in [0.5, 0.6) is 0 Å². The highest BCUT2D eigenvalue weighted by Crippen LogP contribution is 2.53. The topological polar surface area (TPSA) is 70.2 Å². The molecule has 0 spiro atoms. The quantitative estimate of drug-likeness (QED) is 0.570. The van der Waals surface area contributed by atoms with Crippen LogP contribution in [0.15, 0.2) is 29.2 Å². The molecule has 0 N–H and O–H groups in total. The number of hydrogen-bond donors (Lipinski definition) is 0. The van der Waals surface area contributed by atoms with Gasteiger partial charge in [-0.1, -0.05) is 18.0 Å². The van der Waals surface area contributed by atoms with Crippen molar-refractivity contribution in [2.75, 3.05) is 27.2 Å². The van der Waals surface area contributed by atoms with Crippen LogP contribution in [0.3, 0.4) is 0 Å². The molecule has 2 atom stereocenters. The lowest BCUT2D eigenvalue weighted by Gasteiger charge is -2.45. The monoisotopic (exact) mass is 509 g/mol. The van der Waals surface area contributed by atoms with E-state index in [1.807, 2.05) is 7.05 Å². The van der Waals surface area contributed by atoms with E-state index < -0.39 is 15.6 Å². The zero-order chi connectivity index (χ0) is 24.1. The second-order valence-corrected chi connectivity index (χ2v) is 13.0. The normalized spacial score (nSPS) is 28.4. The SMILES string of the molecule is CN1CCC(N(C)C(=O)OC2([C@H]3CCC[C@@H](C4CC4)N3S(=O)(=O)c3ccc(Cl)cc3)CC2)CC1. The molecule has 2 saturated heterocycles. The van der Waals surface area contributed by atoms with E-state index in [-0.39, 0.29) is 29.1 Å². The molecule has 34 heavy (non-hydrogen) atoms. The summed E-state index contributed by atoms with van der Waals surface area (Å²) in [6.45, 7) is 1.93. The van der Waals surface area contributed by atoms with Crippen LogP contribution in [-0.2, 0) is 14.8 Å². The van der Waals surface area contributed by atoms with Crippen LogP contribution >= 0.6 is 11.6 Å². The van der Waals surface area contributed by atoms with E-state index in [9.17, 15) is 13.2 Å². The van der Waals surface area contributed by atoms with E-state index in [1.165, 1.54) is 0 Å². The molecular formula is C25H36ClN3O4S. The summed E-state index contributed by atoms with van der Waals surface area (Å²) in [5.41, 5.74) is -0.718. The lowest BCUT2D eigenvalue weighted by atomic mass is 9.91. The van der Waals surface area contributed by atoms with Gasteiger partial charge in [-0.05, 0) is 102 Å².